The normalized spacial score (nSPS) is 19.8. The zero-order valence-electron chi connectivity index (χ0n) is 16.9. The van der Waals surface area contributed by atoms with Crippen LogP contribution in [0.3, 0.4) is 0 Å². The van der Waals surface area contributed by atoms with Crippen LogP contribution in [-0.4, -0.2) is 61.1 Å². The van der Waals surface area contributed by atoms with Crippen LogP contribution < -0.4 is 5.63 Å². The summed E-state index contributed by atoms with van der Waals surface area (Å²) in [6, 6.07) is 12.3. The first kappa shape index (κ1) is 19.9. The summed E-state index contributed by atoms with van der Waals surface area (Å²) in [6.45, 7) is 6.16. The van der Waals surface area contributed by atoms with Crippen molar-refractivity contribution in [1.82, 2.24) is 9.80 Å². The van der Waals surface area contributed by atoms with Gasteiger partial charge in [-0.25, -0.2) is 4.79 Å². The minimum atomic E-state index is -0.521. The third kappa shape index (κ3) is 4.60. The quantitative estimate of drug-likeness (QED) is 0.776. The van der Waals surface area contributed by atoms with Crippen LogP contribution >= 0.6 is 0 Å². The third-order valence-corrected chi connectivity index (χ3v) is 5.87. The predicted molar refractivity (Wildman–Crippen MR) is 110 cm³/mol. The largest absolute Gasteiger partial charge is 0.427 e. The van der Waals surface area contributed by atoms with Gasteiger partial charge in [-0.15, -0.1) is 0 Å². The predicted octanol–water partition coefficient (Wildman–Crippen LogP) is 2.28. The lowest BCUT2D eigenvalue weighted by Crippen LogP contribution is -2.59. The lowest BCUT2D eigenvalue weighted by atomic mass is 10.0. The van der Waals surface area contributed by atoms with E-state index in [-0.39, 0.29) is 17.5 Å². The summed E-state index contributed by atoms with van der Waals surface area (Å²) in [6.07, 6.45) is 2.50. The molecule has 0 radical (unpaired) electrons. The van der Waals surface area contributed by atoms with Crippen LogP contribution in [-0.2, 0) is 17.6 Å². The zero-order valence-corrected chi connectivity index (χ0v) is 16.9. The van der Waals surface area contributed by atoms with Gasteiger partial charge in [-0.1, -0.05) is 30.3 Å². The highest BCUT2D eigenvalue weighted by atomic mass is 16.5. The molecular weight excluding hydrogens is 368 g/mol. The van der Waals surface area contributed by atoms with E-state index in [9.17, 15) is 9.59 Å². The molecule has 0 saturated carbocycles. The highest BCUT2D eigenvalue weighted by Gasteiger charge is 2.33. The molecule has 154 valence electrons. The molecule has 2 saturated heterocycles. The van der Waals surface area contributed by atoms with Crippen molar-refractivity contribution in [3.05, 3.63) is 69.3 Å². The fourth-order valence-electron chi connectivity index (χ4n) is 4.25. The van der Waals surface area contributed by atoms with Gasteiger partial charge in [0, 0.05) is 32.6 Å². The van der Waals surface area contributed by atoms with Crippen LogP contribution in [0, 0.1) is 6.92 Å². The van der Waals surface area contributed by atoms with Crippen molar-refractivity contribution < 1.29 is 13.9 Å². The molecule has 0 aliphatic carbocycles. The first-order valence-corrected chi connectivity index (χ1v) is 10.4. The van der Waals surface area contributed by atoms with Crippen LogP contribution in [0.4, 0.5) is 0 Å². The number of morpholine rings is 1. The molecule has 2 aliphatic rings. The molecule has 4 rings (SSSR count). The van der Waals surface area contributed by atoms with Crippen LogP contribution in [0.15, 0.2) is 45.6 Å². The SMILES string of the molecule is Cc1cc(CCCc2ccccc2)oc(=O)c1C(=O)N1CCN2CCOCC2C1. The summed E-state index contributed by atoms with van der Waals surface area (Å²) in [4.78, 5) is 29.8. The fourth-order valence-corrected chi connectivity index (χ4v) is 4.25. The molecule has 1 unspecified atom stereocenters. The number of fused-ring (bicyclic) bond motifs is 1. The second kappa shape index (κ2) is 8.93. The number of rotatable bonds is 5. The van der Waals surface area contributed by atoms with Gasteiger partial charge in [0.15, 0.2) is 0 Å². The molecule has 0 bridgehead atoms. The summed E-state index contributed by atoms with van der Waals surface area (Å²) in [5, 5.41) is 0. The van der Waals surface area contributed by atoms with Gasteiger partial charge < -0.3 is 14.1 Å². The monoisotopic (exact) mass is 396 g/mol. The molecule has 3 heterocycles. The van der Waals surface area contributed by atoms with E-state index in [4.69, 9.17) is 9.15 Å². The van der Waals surface area contributed by atoms with Gasteiger partial charge in [-0.2, -0.15) is 0 Å². The van der Waals surface area contributed by atoms with E-state index in [2.05, 4.69) is 17.0 Å². The Bertz CT molecular complexity index is 909. The van der Waals surface area contributed by atoms with Crippen molar-refractivity contribution in [2.24, 2.45) is 0 Å². The highest BCUT2D eigenvalue weighted by Crippen LogP contribution is 2.18. The summed E-state index contributed by atoms with van der Waals surface area (Å²) in [7, 11) is 0. The van der Waals surface area contributed by atoms with E-state index in [0.717, 1.165) is 32.5 Å². The van der Waals surface area contributed by atoms with Crippen molar-refractivity contribution in [2.45, 2.75) is 32.2 Å². The fraction of sp³-hybridized carbons (Fsp3) is 0.478. The van der Waals surface area contributed by atoms with Gasteiger partial charge >= 0.3 is 5.63 Å². The molecule has 2 aliphatic heterocycles. The van der Waals surface area contributed by atoms with E-state index in [1.54, 1.807) is 4.90 Å². The van der Waals surface area contributed by atoms with Gasteiger partial charge in [0.25, 0.3) is 5.91 Å². The maximum Gasteiger partial charge on any atom is 0.349 e. The number of nitrogens with zero attached hydrogens (tertiary/aromatic N) is 2. The summed E-state index contributed by atoms with van der Waals surface area (Å²) in [5.74, 6) is 0.419. The molecule has 0 N–H and O–H groups in total. The number of piperazine rings is 1. The first-order valence-electron chi connectivity index (χ1n) is 10.4. The molecule has 6 heteroatoms. The summed E-state index contributed by atoms with van der Waals surface area (Å²) >= 11 is 0. The number of amides is 1. The van der Waals surface area contributed by atoms with E-state index < -0.39 is 5.63 Å². The molecular formula is C23H28N2O4. The number of carbonyl (C=O) groups excluding carboxylic acids is 1. The molecule has 1 amide bonds. The molecule has 2 aromatic rings. The minimum Gasteiger partial charge on any atom is -0.427 e. The van der Waals surface area contributed by atoms with E-state index >= 15 is 0 Å². The highest BCUT2D eigenvalue weighted by molar-refractivity contribution is 5.95. The second-order valence-electron chi connectivity index (χ2n) is 7.91. The summed E-state index contributed by atoms with van der Waals surface area (Å²) < 4.78 is 11.1. The maximum absolute atomic E-state index is 13.0. The number of hydrogen-bond donors (Lipinski definition) is 0. The number of ether oxygens (including phenoxy) is 1. The Morgan fingerprint density at radius 2 is 1.97 bits per heavy atom. The smallest absolute Gasteiger partial charge is 0.349 e. The lowest BCUT2D eigenvalue weighted by Gasteiger charge is -2.43. The third-order valence-electron chi connectivity index (χ3n) is 5.87. The first-order chi connectivity index (χ1) is 14.1. The van der Waals surface area contributed by atoms with Crippen LogP contribution in [0.25, 0.3) is 0 Å². The number of carbonyl (C=O) groups is 1. The molecule has 2 fully saturated rings. The zero-order chi connectivity index (χ0) is 20.2. The molecule has 1 atom stereocenters. The topological polar surface area (TPSA) is 63.0 Å². The van der Waals surface area contributed by atoms with E-state index in [1.165, 1.54) is 5.56 Å². The van der Waals surface area contributed by atoms with E-state index in [1.807, 2.05) is 31.2 Å². The van der Waals surface area contributed by atoms with Crippen LogP contribution in [0.1, 0.15) is 33.7 Å². The standard InChI is InChI=1S/C23H28N2O4/c1-17-14-20(9-5-8-18-6-3-2-4-7-18)29-23(27)21(17)22(26)25-11-10-24-12-13-28-16-19(24)15-25/h2-4,6-7,14,19H,5,8-13,15-16H2,1H3. The van der Waals surface area contributed by atoms with Crippen LogP contribution in [0.2, 0.25) is 0 Å². The molecule has 0 spiro atoms. The van der Waals surface area contributed by atoms with Crippen LogP contribution in [0.5, 0.6) is 0 Å². The number of hydrogen-bond acceptors (Lipinski definition) is 5. The van der Waals surface area contributed by atoms with Crippen molar-refractivity contribution in [2.75, 3.05) is 39.4 Å². The molecule has 1 aromatic heterocycles. The van der Waals surface area contributed by atoms with Gasteiger partial charge in [0.2, 0.25) is 0 Å². The Morgan fingerprint density at radius 3 is 2.76 bits per heavy atom. The Morgan fingerprint density at radius 1 is 1.14 bits per heavy atom. The van der Waals surface area contributed by atoms with Gasteiger partial charge in [-0.05, 0) is 37.0 Å². The van der Waals surface area contributed by atoms with E-state index in [0.29, 0.717) is 37.4 Å². The van der Waals surface area contributed by atoms with Crippen molar-refractivity contribution in [1.29, 1.82) is 0 Å². The second-order valence-corrected chi connectivity index (χ2v) is 7.91. The number of benzene rings is 1. The van der Waals surface area contributed by atoms with Gasteiger partial charge in [0.05, 0.1) is 19.3 Å². The maximum atomic E-state index is 13.0. The Kier molecular flexibility index (Phi) is 6.11. The Hall–Kier alpha value is -2.44. The van der Waals surface area contributed by atoms with Gasteiger partial charge in [-0.3, -0.25) is 9.69 Å². The molecule has 1 aromatic carbocycles. The molecule has 6 nitrogen and oxygen atoms in total. The lowest BCUT2D eigenvalue weighted by molar-refractivity contribution is -0.0395. The number of aryl methyl sites for hydroxylation is 3. The molecule has 29 heavy (non-hydrogen) atoms. The van der Waals surface area contributed by atoms with Crippen molar-refractivity contribution >= 4 is 5.91 Å². The Labute approximate surface area is 171 Å². The summed E-state index contributed by atoms with van der Waals surface area (Å²) in [5.41, 5.74) is 1.61. The Balaban J connectivity index is 1.41. The average molecular weight is 396 g/mol. The van der Waals surface area contributed by atoms with Crippen molar-refractivity contribution in [3.8, 4) is 0 Å². The van der Waals surface area contributed by atoms with Gasteiger partial charge in [0.1, 0.15) is 11.3 Å². The average Bonchev–Trinajstić information content (AvgIpc) is 2.73. The minimum absolute atomic E-state index is 0.169. The van der Waals surface area contributed by atoms with Crippen molar-refractivity contribution in [3.63, 3.8) is 0 Å².